The van der Waals surface area contributed by atoms with E-state index < -0.39 is 0 Å². The van der Waals surface area contributed by atoms with Gasteiger partial charge in [0, 0.05) is 25.3 Å². The molecule has 21 heavy (non-hydrogen) atoms. The van der Waals surface area contributed by atoms with Crippen LogP contribution in [0, 0.1) is 12.8 Å². The summed E-state index contributed by atoms with van der Waals surface area (Å²) in [5, 5.41) is 3.49. The third-order valence-corrected chi connectivity index (χ3v) is 5.13. The number of nitrogens with one attached hydrogen (secondary N) is 1. The molecule has 0 radical (unpaired) electrons. The Bertz CT molecular complexity index is 440. The van der Waals surface area contributed by atoms with E-state index in [4.69, 9.17) is 4.98 Å². The fraction of sp³-hybridized carbons (Fsp3) is 0.824. The maximum atomic E-state index is 4.84. The van der Waals surface area contributed by atoms with Crippen LogP contribution in [0.2, 0.25) is 0 Å². The Morgan fingerprint density at radius 1 is 1.19 bits per heavy atom. The number of hydrogen-bond acceptors (Lipinski definition) is 3. The van der Waals surface area contributed by atoms with Crippen molar-refractivity contribution < 1.29 is 0 Å². The van der Waals surface area contributed by atoms with Crippen LogP contribution in [0.1, 0.15) is 57.2 Å². The highest BCUT2D eigenvalue weighted by Crippen LogP contribution is 2.34. The molecule has 3 rings (SSSR count). The lowest BCUT2D eigenvalue weighted by atomic mass is 9.97. The molecule has 0 unspecified atom stereocenters. The number of hydrogen-bond donors (Lipinski definition) is 1. The van der Waals surface area contributed by atoms with E-state index >= 15 is 0 Å². The maximum absolute atomic E-state index is 4.84. The van der Waals surface area contributed by atoms with Gasteiger partial charge in [-0.25, -0.2) is 4.98 Å². The van der Waals surface area contributed by atoms with Gasteiger partial charge in [-0.3, -0.25) is 0 Å². The molecule has 1 saturated carbocycles. The number of aryl methyl sites for hydroxylation is 1. The predicted octanol–water partition coefficient (Wildman–Crippen LogP) is 3.13. The Balaban J connectivity index is 1.65. The molecule has 1 saturated heterocycles. The standard InChI is InChI=1S/C17H30N4/c1-3-18-12-15-8-10-20(11-9-15)17-19-14(2)13-21(17)16-6-4-5-7-16/h13,15-16,18H,3-12H2,1-2H3. The molecule has 1 aliphatic carbocycles. The lowest BCUT2D eigenvalue weighted by Gasteiger charge is -2.34. The molecule has 0 aromatic carbocycles. The number of rotatable bonds is 5. The van der Waals surface area contributed by atoms with Gasteiger partial charge in [0.1, 0.15) is 0 Å². The van der Waals surface area contributed by atoms with Crippen LogP contribution in [0.15, 0.2) is 6.20 Å². The van der Waals surface area contributed by atoms with Crippen LogP contribution >= 0.6 is 0 Å². The van der Waals surface area contributed by atoms with E-state index in [-0.39, 0.29) is 0 Å². The fourth-order valence-corrected chi connectivity index (χ4v) is 3.87. The molecule has 2 heterocycles. The number of imidazole rings is 1. The molecule has 0 amide bonds. The van der Waals surface area contributed by atoms with Crippen molar-refractivity contribution >= 4 is 5.95 Å². The minimum Gasteiger partial charge on any atom is -0.342 e. The topological polar surface area (TPSA) is 33.1 Å². The normalized spacial score (nSPS) is 21.3. The summed E-state index contributed by atoms with van der Waals surface area (Å²) in [6.07, 6.45) is 10.3. The van der Waals surface area contributed by atoms with Crippen molar-refractivity contribution in [2.75, 3.05) is 31.1 Å². The first-order valence-electron chi connectivity index (χ1n) is 8.79. The average molecular weight is 290 g/mol. The van der Waals surface area contributed by atoms with E-state index in [1.54, 1.807) is 0 Å². The van der Waals surface area contributed by atoms with Gasteiger partial charge in [0.2, 0.25) is 5.95 Å². The Labute approximate surface area is 128 Å². The van der Waals surface area contributed by atoms with Gasteiger partial charge in [0.15, 0.2) is 0 Å². The van der Waals surface area contributed by atoms with Gasteiger partial charge >= 0.3 is 0 Å². The van der Waals surface area contributed by atoms with Crippen molar-refractivity contribution in [2.45, 2.75) is 58.4 Å². The van der Waals surface area contributed by atoms with Crippen LogP contribution < -0.4 is 10.2 Å². The van der Waals surface area contributed by atoms with Gasteiger partial charge < -0.3 is 14.8 Å². The zero-order valence-electron chi connectivity index (χ0n) is 13.6. The van der Waals surface area contributed by atoms with E-state index in [9.17, 15) is 0 Å². The Morgan fingerprint density at radius 2 is 1.90 bits per heavy atom. The summed E-state index contributed by atoms with van der Waals surface area (Å²) >= 11 is 0. The van der Waals surface area contributed by atoms with Crippen molar-refractivity contribution in [2.24, 2.45) is 5.92 Å². The molecular formula is C17H30N4. The largest absolute Gasteiger partial charge is 0.342 e. The molecule has 1 aliphatic heterocycles. The molecule has 0 bridgehead atoms. The van der Waals surface area contributed by atoms with Gasteiger partial charge in [-0.1, -0.05) is 19.8 Å². The van der Waals surface area contributed by atoms with Crippen molar-refractivity contribution in [3.8, 4) is 0 Å². The lowest BCUT2D eigenvalue weighted by molar-refractivity contribution is 0.379. The number of piperidine rings is 1. The molecule has 2 aliphatic rings. The molecule has 1 aromatic heterocycles. The summed E-state index contributed by atoms with van der Waals surface area (Å²) in [4.78, 5) is 7.36. The van der Waals surface area contributed by atoms with Crippen LogP contribution in [0.4, 0.5) is 5.95 Å². The van der Waals surface area contributed by atoms with E-state index in [2.05, 4.69) is 34.8 Å². The summed E-state index contributed by atoms with van der Waals surface area (Å²) in [6.45, 7) is 8.92. The van der Waals surface area contributed by atoms with Crippen LogP contribution in [0.3, 0.4) is 0 Å². The van der Waals surface area contributed by atoms with Crippen LogP contribution in [0.25, 0.3) is 0 Å². The SMILES string of the molecule is CCNCC1CCN(c2nc(C)cn2C2CCCC2)CC1. The lowest BCUT2D eigenvalue weighted by Crippen LogP contribution is -2.38. The highest BCUT2D eigenvalue weighted by atomic mass is 15.3. The van der Waals surface area contributed by atoms with Crippen molar-refractivity contribution in [3.63, 3.8) is 0 Å². The van der Waals surface area contributed by atoms with Gasteiger partial charge in [-0.15, -0.1) is 0 Å². The van der Waals surface area contributed by atoms with Crippen LogP contribution in [-0.2, 0) is 0 Å². The molecular weight excluding hydrogens is 260 g/mol. The first kappa shape index (κ1) is 14.9. The average Bonchev–Trinajstić information content (AvgIpc) is 3.14. The van der Waals surface area contributed by atoms with Gasteiger partial charge in [-0.05, 0) is 51.6 Å². The number of aromatic nitrogens is 2. The Kier molecular flexibility index (Phi) is 4.84. The Morgan fingerprint density at radius 3 is 2.57 bits per heavy atom. The van der Waals surface area contributed by atoms with Crippen molar-refractivity contribution in [1.82, 2.24) is 14.9 Å². The minimum absolute atomic E-state index is 0.695. The summed E-state index contributed by atoms with van der Waals surface area (Å²) in [5.41, 5.74) is 1.17. The van der Waals surface area contributed by atoms with E-state index in [0.717, 1.165) is 12.5 Å². The van der Waals surface area contributed by atoms with E-state index in [0.29, 0.717) is 6.04 Å². The molecule has 1 N–H and O–H groups in total. The van der Waals surface area contributed by atoms with Gasteiger partial charge in [-0.2, -0.15) is 0 Å². The third kappa shape index (κ3) is 3.42. The summed E-state index contributed by atoms with van der Waals surface area (Å²) in [7, 11) is 0. The minimum atomic E-state index is 0.695. The van der Waals surface area contributed by atoms with Crippen LogP contribution in [0.5, 0.6) is 0 Å². The fourth-order valence-electron chi connectivity index (χ4n) is 3.87. The monoisotopic (exact) mass is 290 g/mol. The first-order valence-corrected chi connectivity index (χ1v) is 8.79. The summed E-state index contributed by atoms with van der Waals surface area (Å²) in [6, 6.07) is 0.695. The van der Waals surface area contributed by atoms with Gasteiger partial charge in [0.25, 0.3) is 0 Å². The first-order chi connectivity index (χ1) is 10.3. The molecule has 0 atom stereocenters. The van der Waals surface area contributed by atoms with E-state index in [1.807, 2.05) is 0 Å². The van der Waals surface area contributed by atoms with E-state index in [1.165, 1.54) is 69.8 Å². The molecule has 0 spiro atoms. The molecule has 118 valence electrons. The maximum Gasteiger partial charge on any atom is 0.205 e. The van der Waals surface area contributed by atoms with Crippen molar-refractivity contribution in [1.29, 1.82) is 0 Å². The summed E-state index contributed by atoms with van der Waals surface area (Å²) < 4.78 is 2.48. The highest BCUT2D eigenvalue weighted by Gasteiger charge is 2.26. The van der Waals surface area contributed by atoms with Crippen LogP contribution in [-0.4, -0.2) is 35.7 Å². The smallest absolute Gasteiger partial charge is 0.205 e. The molecule has 2 fully saturated rings. The number of nitrogens with zero attached hydrogens (tertiary/aromatic N) is 3. The second-order valence-electron chi connectivity index (χ2n) is 6.77. The zero-order valence-corrected chi connectivity index (χ0v) is 13.6. The van der Waals surface area contributed by atoms with Crippen molar-refractivity contribution in [3.05, 3.63) is 11.9 Å². The molecule has 4 heteroatoms. The molecule has 1 aromatic rings. The quantitative estimate of drug-likeness (QED) is 0.904. The molecule has 4 nitrogen and oxygen atoms in total. The Hall–Kier alpha value is -1.03. The zero-order chi connectivity index (χ0) is 14.7. The third-order valence-electron chi connectivity index (χ3n) is 5.13. The second kappa shape index (κ2) is 6.82. The predicted molar refractivity (Wildman–Crippen MR) is 87.9 cm³/mol. The van der Waals surface area contributed by atoms with Gasteiger partial charge in [0.05, 0.1) is 5.69 Å². The number of anilines is 1. The summed E-state index contributed by atoms with van der Waals surface area (Å²) in [5.74, 6) is 2.08. The highest BCUT2D eigenvalue weighted by molar-refractivity contribution is 5.35. The second-order valence-corrected chi connectivity index (χ2v) is 6.77.